The number of primary amides is 1. The molecule has 110 valence electrons. The van der Waals surface area contributed by atoms with Gasteiger partial charge >= 0.3 is 0 Å². The van der Waals surface area contributed by atoms with Crippen LogP contribution in [0.15, 0.2) is 48.5 Å². The van der Waals surface area contributed by atoms with Crippen LogP contribution in [0.5, 0.6) is 0 Å². The Balaban J connectivity index is 2.08. The molecule has 0 aromatic heterocycles. The summed E-state index contributed by atoms with van der Waals surface area (Å²) in [6.07, 6.45) is 0. The summed E-state index contributed by atoms with van der Waals surface area (Å²) in [5.74, 6) is -2.53. The summed E-state index contributed by atoms with van der Waals surface area (Å²) in [6, 6.07) is 9.95. The molecule has 2 aromatic carbocycles. The van der Waals surface area contributed by atoms with E-state index in [1.54, 1.807) is 12.1 Å². The normalized spacial score (nSPS) is 14.9. The number of rotatable bonds is 3. The molecule has 0 aliphatic carbocycles. The third-order valence-corrected chi connectivity index (χ3v) is 3.54. The highest BCUT2D eigenvalue weighted by atomic mass is 19.1. The highest BCUT2D eigenvalue weighted by Crippen LogP contribution is 2.31. The first-order valence-electron chi connectivity index (χ1n) is 6.52. The Hall–Kier alpha value is -3.02. The number of carbonyl (C=O) groups is 3. The number of halogens is 1. The number of hydrogen-bond donors (Lipinski definition) is 1. The van der Waals surface area contributed by atoms with Crippen LogP contribution in [0.2, 0.25) is 0 Å². The van der Waals surface area contributed by atoms with Crippen molar-refractivity contribution in [2.45, 2.75) is 6.04 Å². The lowest BCUT2D eigenvalue weighted by Gasteiger charge is -2.23. The minimum atomic E-state index is -1.27. The van der Waals surface area contributed by atoms with Gasteiger partial charge in [-0.2, -0.15) is 0 Å². The van der Waals surface area contributed by atoms with Gasteiger partial charge in [-0.3, -0.25) is 19.3 Å². The Morgan fingerprint density at radius 1 is 0.955 bits per heavy atom. The van der Waals surface area contributed by atoms with Crippen LogP contribution >= 0.6 is 0 Å². The Bertz CT molecular complexity index is 751. The number of benzene rings is 2. The van der Waals surface area contributed by atoms with E-state index >= 15 is 0 Å². The molecule has 0 radical (unpaired) electrons. The van der Waals surface area contributed by atoms with Gasteiger partial charge in [0.15, 0.2) is 0 Å². The average molecular weight is 298 g/mol. The Morgan fingerprint density at radius 3 is 1.91 bits per heavy atom. The molecule has 22 heavy (non-hydrogen) atoms. The molecule has 0 spiro atoms. The largest absolute Gasteiger partial charge is 0.368 e. The van der Waals surface area contributed by atoms with E-state index in [4.69, 9.17) is 5.73 Å². The second kappa shape index (κ2) is 5.07. The third-order valence-electron chi connectivity index (χ3n) is 3.54. The summed E-state index contributed by atoms with van der Waals surface area (Å²) in [7, 11) is 0. The van der Waals surface area contributed by atoms with Gasteiger partial charge in [-0.05, 0) is 29.8 Å². The molecule has 0 bridgehead atoms. The quantitative estimate of drug-likeness (QED) is 0.875. The molecule has 1 heterocycles. The van der Waals surface area contributed by atoms with Crippen LogP contribution in [0.25, 0.3) is 0 Å². The van der Waals surface area contributed by atoms with Gasteiger partial charge in [0.1, 0.15) is 11.9 Å². The topological polar surface area (TPSA) is 80.5 Å². The van der Waals surface area contributed by atoms with Crippen LogP contribution in [-0.2, 0) is 4.79 Å². The van der Waals surface area contributed by atoms with Gasteiger partial charge in [0.25, 0.3) is 11.8 Å². The predicted molar refractivity (Wildman–Crippen MR) is 75.3 cm³/mol. The molecule has 3 rings (SSSR count). The molecule has 5 nitrogen and oxygen atoms in total. The Kier molecular flexibility index (Phi) is 3.21. The fourth-order valence-electron chi connectivity index (χ4n) is 2.53. The third kappa shape index (κ3) is 2.05. The van der Waals surface area contributed by atoms with Gasteiger partial charge in [-0.1, -0.05) is 24.3 Å². The van der Waals surface area contributed by atoms with Crippen molar-refractivity contribution in [1.82, 2.24) is 4.90 Å². The molecule has 1 aliphatic rings. The molecule has 0 saturated carbocycles. The van der Waals surface area contributed by atoms with E-state index in [0.717, 1.165) is 17.0 Å². The molecular weight excluding hydrogens is 287 g/mol. The van der Waals surface area contributed by atoms with E-state index < -0.39 is 29.6 Å². The van der Waals surface area contributed by atoms with Crippen LogP contribution in [0, 0.1) is 5.82 Å². The van der Waals surface area contributed by atoms with Crippen LogP contribution in [0.4, 0.5) is 4.39 Å². The molecule has 2 aromatic rings. The van der Waals surface area contributed by atoms with Gasteiger partial charge in [0.2, 0.25) is 5.91 Å². The van der Waals surface area contributed by atoms with Gasteiger partial charge < -0.3 is 5.73 Å². The van der Waals surface area contributed by atoms with E-state index in [9.17, 15) is 18.8 Å². The summed E-state index contributed by atoms with van der Waals surface area (Å²) in [4.78, 5) is 37.4. The van der Waals surface area contributed by atoms with Crippen LogP contribution in [-0.4, -0.2) is 22.6 Å². The lowest BCUT2D eigenvalue weighted by molar-refractivity contribution is -0.122. The van der Waals surface area contributed by atoms with Crippen molar-refractivity contribution in [3.05, 3.63) is 71.0 Å². The molecule has 1 aliphatic heterocycles. The zero-order valence-electron chi connectivity index (χ0n) is 11.3. The second-order valence-corrected chi connectivity index (χ2v) is 4.88. The fourth-order valence-corrected chi connectivity index (χ4v) is 2.53. The smallest absolute Gasteiger partial charge is 0.262 e. The summed E-state index contributed by atoms with van der Waals surface area (Å²) in [6.45, 7) is 0. The number of nitrogens with two attached hydrogens (primary N) is 1. The SMILES string of the molecule is NC(=O)C(c1ccc(F)cc1)N1C(=O)c2ccccc2C1=O. The van der Waals surface area contributed by atoms with E-state index in [0.29, 0.717) is 0 Å². The van der Waals surface area contributed by atoms with E-state index in [1.807, 2.05) is 0 Å². The number of imide groups is 1. The Morgan fingerprint density at radius 2 is 1.45 bits per heavy atom. The lowest BCUT2D eigenvalue weighted by Crippen LogP contribution is -2.41. The minimum absolute atomic E-state index is 0.223. The van der Waals surface area contributed by atoms with Crippen molar-refractivity contribution >= 4 is 17.7 Å². The van der Waals surface area contributed by atoms with Gasteiger partial charge in [0.05, 0.1) is 11.1 Å². The van der Waals surface area contributed by atoms with Crippen molar-refractivity contribution in [2.24, 2.45) is 5.73 Å². The number of fused-ring (bicyclic) bond motifs is 1. The first-order valence-corrected chi connectivity index (χ1v) is 6.52. The number of hydrogen-bond acceptors (Lipinski definition) is 3. The molecule has 1 atom stereocenters. The number of nitrogens with zero attached hydrogens (tertiary/aromatic N) is 1. The summed E-state index contributed by atoms with van der Waals surface area (Å²) in [5, 5.41) is 0. The Labute approximate surface area is 125 Å². The summed E-state index contributed by atoms with van der Waals surface area (Å²) in [5.41, 5.74) is 6.09. The van der Waals surface area contributed by atoms with Crippen molar-refractivity contribution in [3.63, 3.8) is 0 Å². The van der Waals surface area contributed by atoms with Gasteiger partial charge in [-0.15, -0.1) is 0 Å². The zero-order valence-corrected chi connectivity index (χ0v) is 11.3. The summed E-state index contributed by atoms with van der Waals surface area (Å²) >= 11 is 0. The van der Waals surface area contributed by atoms with Gasteiger partial charge in [-0.25, -0.2) is 4.39 Å². The van der Waals surface area contributed by atoms with Gasteiger partial charge in [0, 0.05) is 0 Å². The van der Waals surface area contributed by atoms with Crippen molar-refractivity contribution < 1.29 is 18.8 Å². The maximum Gasteiger partial charge on any atom is 0.262 e. The van der Waals surface area contributed by atoms with Crippen molar-refractivity contribution in [2.75, 3.05) is 0 Å². The highest BCUT2D eigenvalue weighted by molar-refractivity contribution is 6.22. The van der Waals surface area contributed by atoms with Crippen LogP contribution in [0.1, 0.15) is 32.3 Å². The minimum Gasteiger partial charge on any atom is -0.368 e. The van der Waals surface area contributed by atoms with Crippen LogP contribution in [0.3, 0.4) is 0 Å². The average Bonchev–Trinajstić information content (AvgIpc) is 2.75. The van der Waals surface area contributed by atoms with E-state index in [1.165, 1.54) is 24.3 Å². The van der Waals surface area contributed by atoms with E-state index in [2.05, 4.69) is 0 Å². The second-order valence-electron chi connectivity index (χ2n) is 4.88. The maximum atomic E-state index is 13.0. The monoisotopic (exact) mass is 298 g/mol. The summed E-state index contributed by atoms with van der Waals surface area (Å²) < 4.78 is 13.0. The number of amides is 3. The lowest BCUT2D eigenvalue weighted by atomic mass is 10.0. The molecule has 1 unspecified atom stereocenters. The standard InChI is InChI=1S/C16H11FN2O3/c17-10-7-5-9(6-8-10)13(14(18)20)19-15(21)11-3-1-2-4-12(11)16(19)22/h1-8,13H,(H2,18,20). The first-order chi connectivity index (χ1) is 10.5. The molecule has 2 N–H and O–H groups in total. The maximum absolute atomic E-state index is 13.0. The fraction of sp³-hybridized carbons (Fsp3) is 0.0625. The molecule has 0 saturated heterocycles. The van der Waals surface area contributed by atoms with E-state index in [-0.39, 0.29) is 16.7 Å². The number of carbonyl (C=O) groups excluding carboxylic acids is 3. The van der Waals surface area contributed by atoms with Crippen molar-refractivity contribution in [3.8, 4) is 0 Å². The predicted octanol–water partition coefficient (Wildman–Crippen LogP) is 1.65. The molecule has 3 amide bonds. The molecular formula is C16H11FN2O3. The van der Waals surface area contributed by atoms with Crippen LogP contribution < -0.4 is 5.73 Å². The zero-order chi connectivity index (χ0) is 15.9. The van der Waals surface area contributed by atoms with Crippen molar-refractivity contribution in [1.29, 1.82) is 0 Å². The highest BCUT2D eigenvalue weighted by Gasteiger charge is 2.42. The molecule has 6 heteroatoms. The molecule has 0 fully saturated rings. The first kappa shape index (κ1) is 13.9.